The van der Waals surface area contributed by atoms with E-state index >= 15 is 0 Å². The van der Waals surface area contributed by atoms with Crippen LogP contribution in [0.1, 0.15) is 26.3 Å². The van der Waals surface area contributed by atoms with Gasteiger partial charge in [0.15, 0.2) is 6.61 Å². The zero-order valence-electron chi connectivity index (χ0n) is 17.3. The Bertz CT molecular complexity index is 1090. The van der Waals surface area contributed by atoms with Crippen LogP contribution in [-0.4, -0.2) is 28.0 Å². The fourth-order valence-electron chi connectivity index (χ4n) is 2.64. The van der Waals surface area contributed by atoms with Crippen molar-refractivity contribution in [1.82, 2.24) is 0 Å². The normalized spacial score (nSPS) is 11.7. The highest BCUT2D eigenvalue weighted by Gasteiger charge is 2.23. The molecule has 0 saturated heterocycles. The molecule has 2 aromatic rings. The number of allylic oxidation sites excluding steroid dienone is 1. The summed E-state index contributed by atoms with van der Waals surface area (Å²) < 4.78 is 35.5. The van der Waals surface area contributed by atoms with Gasteiger partial charge in [0.05, 0.1) is 18.1 Å². The van der Waals surface area contributed by atoms with Crippen molar-refractivity contribution in [3.8, 4) is 17.6 Å². The fourth-order valence-corrected chi connectivity index (χ4v) is 3.57. The molecule has 0 aromatic heterocycles. The van der Waals surface area contributed by atoms with Crippen molar-refractivity contribution in [3.05, 3.63) is 59.5 Å². The SMILES string of the molecule is COc1cccc(NC(=O)COc2ccc(S(=O)(=O)C=CC#N)cc2C(C)(C)C)c1. The maximum atomic E-state index is 12.4. The molecule has 0 bridgehead atoms. The number of hydrogen-bond donors (Lipinski definition) is 1. The van der Waals surface area contributed by atoms with Crippen LogP contribution in [-0.2, 0) is 20.0 Å². The van der Waals surface area contributed by atoms with Crippen molar-refractivity contribution in [1.29, 1.82) is 5.26 Å². The summed E-state index contributed by atoms with van der Waals surface area (Å²) in [7, 11) is -2.21. The van der Waals surface area contributed by atoms with Gasteiger partial charge in [0, 0.05) is 28.8 Å². The van der Waals surface area contributed by atoms with E-state index in [0.29, 0.717) is 22.7 Å². The number of methoxy groups -OCH3 is 1. The van der Waals surface area contributed by atoms with E-state index in [1.165, 1.54) is 25.3 Å². The Morgan fingerprint density at radius 3 is 2.57 bits per heavy atom. The van der Waals surface area contributed by atoms with Crippen molar-refractivity contribution in [2.45, 2.75) is 31.1 Å². The molecule has 2 aromatic carbocycles. The summed E-state index contributed by atoms with van der Waals surface area (Å²) in [6.07, 6.45) is 0.916. The molecular formula is C22H24N2O5S. The summed E-state index contributed by atoms with van der Waals surface area (Å²) in [5, 5.41) is 12.2. The van der Waals surface area contributed by atoms with Crippen molar-refractivity contribution in [3.63, 3.8) is 0 Å². The molecule has 30 heavy (non-hydrogen) atoms. The van der Waals surface area contributed by atoms with Gasteiger partial charge in [-0.3, -0.25) is 4.79 Å². The molecule has 0 heterocycles. The minimum Gasteiger partial charge on any atom is -0.497 e. The number of ether oxygens (including phenoxy) is 2. The zero-order valence-corrected chi connectivity index (χ0v) is 18.1. The smallest absolute Gasteiger partial charge is 0.262 e. The number of nitriles is 1. The Balaban J connectivity index is 2.21. The lowest BCUT2D eigenvalue weighted by Crippen LogP contribution is -2.22. The molecule has 0 spiro atoms. The number of hydrogen-bond acceptors (Lipinski definition) is 6. The van der Waals surface area contributed by atoms with E-state index in [-0.39, 0.29) is 17.4 Å². The molecule has 2 rings (SSSR count). The van der Waals surface area contributed by atoms with Crippen LogP contribution in [0.5, 0.6) is 11.5 Å². The van der Waals surface area contributed by atoms with Crippen LogP contribution in [0.3, 0.4) is 0 Å². The highest BCUT2D eigenvalue weighted by molar-refractivity contribution is 7.94. The summed E-state index contributed by atoms with van der Waals surface area (Å²) in [6.45, 7) is 5.48. The van der Waals surface area contributed by atoms with E-state index in [0.717, 1.165) is 11.5 Å². The number of nitrogens with one attached hydrogen (secondary N) is 1. The van der Waals surface area contributed by atoms with Crippen LogP contribution < -0.4 is 14.8 Å². The molecular weight excluding hydrogens is 404 g/mol. The number of amides is 1. The largest absolute Gasteiger partial charge is 0.497 e. The molecule has 0 aliphatic heterocycles. The van der Waals surface area contributed by atoms with E-state index in [4.69, 9.17) is 14.7 Å². The molecule has 0 saturated carbocycles. The lowest BCUT2D eigenvalue weighted by atomic mass is 9.86. The van der Waals surface area contributed by atoms with Gasteiger partial charge in [-0.15, -0.1) is 0 Å². The predicted molar refractivity (Wildman–Crippen MR) is 114 cm³/mol. The van der Waals surface area contributed by atoms with Gasteiger partial charge in [-0.2, -0.15) is 5.26 Å². The predicted octanol–water partition coefficient (Wildman–Crippen LogP) is 3.82. The third-order valence-corrected chi connectivity index (χ3v) is 5.53. The Hall–Kier alpha value is -3.31. The third-order valence-electron chi connectivity index (χ3n) is 4.12. The summed E-state index contributed by atoms with van der Waals surface area (Å²) in [6, 6.07) is 13.0. The molecule has 0 unspecified atom stereocenters. The van der Waals surface area contributed by atoms with Gasteiger partial charge < -0.3 is 14.8 Å². The van der Waals surface area contributed by atoms with Crippen molar-refractivity contribution < 1.29 is 22.7 Å². The maximum absolute atomic E-state index is 12.4. The first-order chi connectivity index (χ1) is 14.1. The number of carbonyl (C=O) groups is 1. The average molecular weight is 429 g/mol. The molecule has 158 valence electrons. The monoisotopic (exact) mass is 428 g/mol. The summed E-state index contributed by atoms with van der Waals surface area (Å²) in [4.78, 5) is 12.3. The van der Waals surface area contributed by atoms with Crippen LogP contribution >= 0.6 is 0 Å². The first-order valence-electron chi connectivity index (χ1n) is 9.09. The molecule has 1 N–H and O–H groups in total. The van der Waals surface area contributed by atoms with Crippen LogP contribution in [0.15, 0.2) is 58.8 Å². The Morgan fingerprint density at radius 1 is 1.20 bits per heavy atom. The number of nitrogens with zero attached hydrogens (tertiary/aromatic N) is 1. The number of benzene rings is 2. The van der Waals surface area contributed by atoms with E-state index in [2.05, 4.69) is 5.32 Å². The van der Waals surface area contributed by atoms with E-state index in [9.17, 15) is 13.2 Å². The molecule has 0 aliphatic carbocycles. The highest BCUT2D eigenvalue weighted by Crippen LogP contribution is 2.34. The first kappa shape index (κ1) is 23.0. The van der Waals surface area contributed by atoms with E-state index in [1.54, 1.807) is 30.3 Å². The molecule has 0 radical (unpaired) electrons. The zero-order chi connectivity index (χ0) is 22.4. The van der Waals surface area contributed by atoms with Gasteiger partial charge in [-0.1, -0.05) is 26.8 Å². The minimum absolute atomic E-state index is 0.0482. The van der Waals surface area contributed by atoms with Gasteiger partial charge in [0.2, 0.25) is 9.84 Å². The molecule has 1 amide bonds. The second kappa shape index (κ2) is 9.46. The fraction of sp³-hybridized carbons (Fsp3) is 0.273. The summed E-state index contributed by atoms with van der Waals surface area (Å²) in [5.74, 6) is 0.661. The third kappa shape index (κ3) is 6.09. The van der Waals surface area contributed by atoms with Gasteiger partial charge in [0.25, 0.3) is 5.91 Å². The molecule has 0 aliphatic rings. The quantitative estimate of drug-likeness (QED) is 0.672. The van der Waals surface area contributed by atoms with E-state index < -0.39 is 15.3 Å². The Morgan fingerprint density at radius 2 is 1.93 bits per heavy atom. The van der Waals surface area contributed by atoms with Crippen LogP contribution in [0.2, 0.25) is 0 Å². The van der Waals surface area contributed by atoms with Crippen LogP contribution in [0, 0.1) is 11.3 Å². The maximum Gasteiger partial charge on any atom is 0.262 e. The summed E-state index contributed by atoms with van der Waals surface area (Å²) >= 11 is 0. The van der Waals surface area contributed by atoms with E-state index in [1.807, 2.05) is 20.8 Å². The molecule has 0 atom stereocenters. The lowest BCUT2D eigenvalue weighted by molar-refractivity contribution is -0.118. The van der Waals surface area contributed by atoms with Crippen LogP contribution in [0.25, 0.3) is 0 Å². The minimum atomic E-state index is -3.75. The number of sulfone groups is 1. The molecule has 0 fully saturated rings. The second-order valence-electron chi connectivity index (χ2n) is 7.45. The lowest BCUT2D eigenvalue weighted by Gasteiger charge is -2.23. The highest BCUT2D eigenvalue weighted by atomic mass is 32.2. The Labute approximate surface area is 176 Å². The van der Waals surface area contributed by atoms with Crippen LogP contribution in [0.4, 0.5) is 5.69 Å². The Kier molecular flexibility index (Phi) is 7.24. The average Bonchev–Trinajstić information content (AvgIpc) is 2.70. The van der Waals surface area contributed by atoms with Gasteiger partial charge >= 0.3 is 0 Å². The first-order valence-corrected chi connectivity index (χ1v) is 10.6. The van der Waals surface area contributed by atoms with Crippen molar-refractivity contribution in [2.24, 2.45) is 0 Å². The number of rotatable bonds is 7. The summed E-state index contributed by atoms with van der Waals surface area (Å²) in [5.41, 5.74) is 0.760. The van der Waals surface area contributed by atoms with Gasteiger partial charge in [-0.25, -0.2) is 8.42 Å². The number of carbonyl (C=O) groups excluding carboxylic acids is 1. The van der Waals surface area contributed by atoms with Crippen molar-refractivity contribution >= 4 is 21.4 Å². The number of anilines is 1. The topological polar surface area (TPSA) is 105 Å². The molecule has 8 heteroatoms. The van der Waals surface area contributed by atoms with Gasteiger partial charge in [0.1, 0.15) is 11.5 Å². The van der Waals surface area contributed by atoms with Gasteiger partial charge in [-0.05, 0) is 35.7 Å². The second-order valence-corrected chi connectivity index (χ2v) is 9.29. The molecule has 7 nitrogen and oxygen atoms in total. The van der Waals surface area contributed by atoms with Crippen molar-refractivity contribution in [2.75, 3.05) is 19.0 Å². The standard InChI is InChI=1S/C22H24N2O5S/c1-22(2,3)19-14-18(30(26,27)12-6-11-23)9-10-20(19)29-15-21(25)24-16-7-5-8-17(13-16)28-4/h5-10,12-14H,15H2,1-4H3,(H,24,25).